The van der Waals surface area contributed by atoms with Gasteiger partial charge in [-0.1, -0.05) is 0 Å². The van der Waals surface area contributed by atoms with Crippen LogP contribution in [0.15, 0.2) is 18.2 Å². The lowest BCUT2D eigenvalue weighted by atomic mass is 9.95. The van der Waals surface area contributed by atoms with Crippen molar-refractivity contribution in [1.29, 1.82) is 0 Å². The van der Waals surface area contributed by atoms with Crippen molar-refractivity contribution in [3.8, 4) is 23.0 Å². The number of nitrogens with one attached hydrogen (secondary N) is 1. The molecule has 0 radical (unpaired) electrons. The number of methoxy groups -OCH3 is 4. The van der Waals surface area contributed by atoms with E-state index in [-0.39, 0.29) is 51.8 Å². The average Bonchev–Trinajstić information content (AvgIpc) is 3.54. The Morgan fingerprint density at radius 2 is 1.80 bits per heavy atom. The van der Waals surface area contributed by atoms with Gasteiger partial charge in [-0.3, -0.25) is 4.79 Å². The molecule has 0 bridgehead atoms. The minimum atomic E-state index is -4.98. The number of carbonyl (C=O) groups excluding carboxylic acids is 2. The second-order valence-electron chi connectivity index (χ2n) is 9.02. The van der Waals surface area contributed by atoms with Crippen LogP contribution in [0.3, 0.4) is 0 Å². The van der Waals surface area contributed by atoms with E-state index in [0.29, 0.717) is 16.7 Å². The van der Waals surface area contributed by atoms with Gasteiger partial charge in [0.2, 0.25) is 5.75 Å². The van der Waals surface area contributed by atoms with Crippen LogP contribution in [0.1, 0.15) is 38.0 Å². The number of fused-ring (bicyclic) bond motifs is 4. The van der Waals surface area contributed by atoms with Crippen molar-refractivity contribution < 1.29 is 46.8 Å². The third kappa shape index (κ3) is 4.29. The van der Waals surface area contributed by atoms with Crippen molar-refractivity contribution in [2.75, 3.05) is 45.8 Å². The standard InChI is InChI=1S/C26H22ClF3N4O7/c1-38-16-6-12-11(21(39-2)22(16)40-3)5-13(33-32-12)24(36)34-9-10(8-27)17-14(34)7-15(35)20-18(17)19(25(37)41-4)23(31-20)26(28,29)30/h5-7,10,31,35H,8-9H2,1-4H3/t10-/m1/s1. The number of hydrogen-bond acceptors (Lipinski definition) is 9. The summed E-state index contributed by atoms with van der Waals surface area (Å²) in [5, 5.41) is 19.1. The number of rotatable bonds is 6. The lowest BCUT2D eigenvalue weighted by Crippen LogP contribution is -2.31. The first-order chi connectivity index (χ1) is 19.5. The fourth-order valence-electron chi connectivity index (χ4n) is 5.16. The monoisotopic (exact) mass is 594 g/mol. The topological polar surface area (TPSA) is 136 Å². The molecule has 2 aromatic carbocycles. The zero-order chi connectivity index (χ0) is 29.8. The van der Waals surface area contributed by atoms with E-state index in [4.69, 9.17) is 25.8 Å². The van der Waals surface area contributed by atoms with Crippen LogP contribution in [0, 0.1) is 0 Å². The molecule has 1 amide bonds. The molecule has 5 rings (SSSR count). The Kier molecular flexibility index (Phi) is 6.97. The van der Waals surface area contributed by atoms with Gasteiger partial charge in [0.15, 0.2) is 17.2 Å². The number of aromatic amines is 1. The fraction of sp³-hybridized carbons (Fsp3) is 0.308. The molecular formula is C26H22ClF3N4O7. The van der Waals surface area contributed by atoms with Gasteiger partial charge in [-0.05, 0) is 11.6 Å². The highest BCUT2D eigenvalue weighted by molar-refractivity contribution is 6.20. The predicted molar refractivity (Wildman–Crippen MR) is 141 cm³/mol. The number of hydrogen-bond donors (Lipinski definition) is 2. The summed E-state index contributed by atoms with van der Waals surface area (Å²) in [6.45, 7) is -0.0772. The van der Waals surface area contributed by atoms with E-state index in [2.05, 4.69) is 19.9 Å². The van der Waals surface area contributed by atoms with Crippen molar-refractivity contribution in [1.82, 2.24) is 15.2 Å². The number of carbonyl (C=O) groups is 2. The van der Waals surface area contributed by atoms with Crippen molar-refractivity contribution in [3.63, 3.8) is 0 Å². The van der Waals surface area contributed by atoms with Crippen LogP contribution in [0.4, 0.5) is 18.9 Å². The first-order valence-corrected chi connectivity index (χ1v) is 12.4. The van der Waals surface area contributed by atoms with E-state index in [1.54, 1.807) is 6.07 Å². The molecule has 0 unspecified atom stereocenters. The van der Waals surface area contributed by atoms with E-state index in [1.165, 1.54) is 32.3 Å². The Hall–Kier alpha value is -4.46. The number of aromatic hydroxyl groups is 1. The maximum Gasteiger partial charge on any atom is 0.432 e. The van der Waals surface area contributed by atoms with Crippen molar-refractivity contribution in [3.05, 3.63) is 40.7 Å². The summed E-state index contributed by atoms with van der Waals surface area (Å²) < 4.78 is 62.6. The second kappa shape index (κ2) is 10.2. The highest BCUT2D eigenvalue weighted by atomic mass is 35.5. The van der Waals surface area contributed by atoms with Crippen molar-refractivity contribution in [2.45, 2.75) is 12.1 Å². The third-order valence-electron chi connectivity index (χ3n) is 6.89. The van der Waals surface area contributed by atoms with Crippen LogP contribution in [-0.4, -0.2) is 73.0 Å². The number of anilines is 1. The summed E-state index contributed by atoms with van der Waals surface area (Å²) >= 11 is 6.21. The van der Waals surface area contributed by atoms with E-state index in [1.807, 2.05) is 0 Å². The third-order valence-corrected chi connectivity index (χ3v) is 7.27. The van der Waals surface area contributed by atoms with E-state index < -0.39 is 41.0 Å². The maximum absolute atomic E-state index is 13.9. The highest BCUT2D eigenvalue weighted by Crippen LogP contribution is 2.49. The van der Waals surface area contributed by atoms with E-state index >= 15 is 0 Å². The minimum absolute atomic E-state index is 0.0599. The Labute approximate surface area is 234 Å². The fourth-order valence-corrected chi connectivity index (χ4v) is 5.41. The van der Waals surface area contributed by atoms with Gasteiger partial charge in [0, 0.05) is 35.9 Å². The molecule has 0 spiro atoms. The SMILES string of the molecule is COC(=O)c1c(C(F)(F)F)[nH]c2c(O)cc3c(c12)[C@H](CCl)CN3C(=O)c1cc2c(OC)c(OC)c(OC)cc2nn1. The Morgan fingerprint density at radius 1 is 1.10 bits per heavy atom. The minimum Gasteiger partial charge on any atom is -0.506 e. The number of alkyl halides is 4. The first kappa shape index (κ1) is 28.1. The molecule has 1 aliphatic heterocycles. The molecule has 41 heavy (non-hydrogen) atoms. The largest absolute Gasteiger partial charge is 0.506 e. The molecule has 1 atom stereocenters. The van der Waals surface area contributed by atoms with Crippen LogP contribution < -0.4 is 19.1 Å². The molecular weight excluding hydrogens is 573 g/mol. The Morgan fingerprint density at radius 3 is 2.39 bits per heavy atom. The highest BCUT2D eigenvalue weighted by Gasteiger charge is 2.43. The quantitative estimate of drug-likeness (QED) is 0.242. The number of nitrogens with zero attached hydrogens (tertiary/aromatic N) is 3. The number of esters is 1. The smallest absolute Gasteiger partial charge is 0.432 e. The molecule has 216 valence electrons. The number of halogens is 4. The summed E-state index contributed by atoms with van der Waals surface area (Å²) in [6, 6.07) is 4.12. The van der Waals surface area contributed by atoms with E-state index in [0.717, 1.165) is 13.2 Å². The number of H-pyrrole nitrogens is 1. The van der Waals surface area contributed by atoms with Gasteiger partial charge in [-0.15, -0.1) is 21.8 Å². The van der Waals surface area contributed by atoms with Crippen molar-refractivity contribution in [2.24, 2.45) is 0 Å². The second-order valence-corrected chi connectivity index (χ2v) is 9.33. The molecule has 11 nitrogen and oxygen atoms in total. The molecule has 2 aromatic heterocycles. The number of amides is 1. The molecule has 0 saturated heterocycles. The Balaban J connectivity index is 1.71. The van der Waals surface area contributed by atoms with Crippen molar-refractivity contribution >= 4 is 51.0 Å². The number of phenolic OH excluding ortho intramolecular Hbond substituents is 1. The van der Waals surface area contributed by atoms with Gasteiger partial charge in [0.25, 0.3) is 5.91 Å². The normalized spacial score (nSPS) is 14.8. The van der Waals surface area contributed by atoms with Gasteiger partial charge in [0.05, 0.1) is 50.6 Å². The number of phenols is 1. The number of ether oxygens (including phenoxy) is 4. The molecule has 15 heteroatoms. The predicted octanol–water partition coefficient (Wildman–Crippen LogP) is 4.63. The molecule has 1 aliphatic rings. The summed E-state index contributed by atoms with van der Waals surface area (Å²) in [4.78, 5) is 29.7. The Bertz CT molecular complexity index is 1720. The first-order valence-electron chi connectivity index (χ1n) is 11.9. The molecule has 3 heterocycles. The molecule has 4 aromatic rings. The molecule has 0 saturated carbocycles. The van der Waals surface area contributed by atoms with Crippen LogP contribution in [0.25, 0.3) is 21.8 Å². The maximum atomic E-state index is 13.9. The molecule has 0 fully saturated rings. The summed E-state index contributed by atoms with van der Waals surface area (Å²) in [5.74, 6) is -2.56. The van der Waals surface area contributed by atoms with Crippen LogP contribution in [-0.2, 0) is 10.9 Å². The van der Waals surface area contributed by atoms with Gasteiger partial charge in [0.1, 0.15) is 17.0 Å². The zero-order valence-corrected chi connectivity index (χ0v) is 22.7. The lowest BCUT2D eigenvalue weighted by molar-refractivity contribution is -0.141. The summed E-state index contributed by atoms with van der Waals surface area (Å²) in [5.41, 5.74) is -2.11. The van der Waals surface area contributed by atoms with Gasteiger partial charge < -0.3 is 33.9 Å². The van der Waals surface area contributed by atoms with Crippen LogP contribution >= 0.6 is 11.6 Å². The van der Waals surface area contributed by atoms with Crippen LogP contribution in [0.5, 0.6) is 23.0 Å². The lowest BCUT2D eigenvalue weighted by Gasteiger charge is -2.18. The van der Waals surface area contributed by atoms with E-state index in [9.17, 15) is 27.9 Å². The average molecular weight is 595 g/mol. The summed E-state index contributed by atoms with van der Waals surface area (Å²) in [7, 11) is 5.20. The number of benzene rings is 2. The number of aromatic nitrogens is 3. The van der Waals surface area contributed by atoms with Gasteiger partial charge >= 0.3 is 12.1 Å². The molecule has 0 aliphatic carbocycles. The zero-order valence-electron chi connectivity index (χ0n) is 22.0. The summed E-state index contributed by atoms with van der Waals surface area (Å²) in [6.07, 6.45) is -4.98. The van der Waals surface area contributed by atoms with Gasteiger partial charge in [-0.2, -0.15) is 13.2 Å². The van der Waals surface area contributed by atoms with Crippen LogP contribution in [0.2, 0.25) is 0 Å². The van der Waals surface area contributed by atoms with Gasteiger partial charge in [-0.25, -0.2) is 4.79 Å². The molecule has 2 N–H and O–H groups in total.